The number of imidazole rings is 2. The van der Waals surface area contributed by atoms with Gasteiger partial charge in [-0.15, -0.1) is 0 Å². The number of aromatic carboxylic acids is 1. The molecule has 1 aliphatic heterocycles. The lowest BCUT2D eigenvalue weighted by Crippen LogP contribution is -2.38. The number of benzene rings is 2. The molecule has 0 bridgehead atoms. The Hall–Kier alpha value is -4.48. The molecular weight excluding hydrogens is 575 g/mol. The van der Waals surface area contributed by atoms with Crippen molar-refractivity contribution in [2.24, 2.45) is 7.05 Å². The van der Waals surface area contributed by atoms with Crippen molar-refractivity contribution in [2.75, 3.05) is 13.1 Å². The number of rotatable bonds is 10. The summed E-state index contributed by atoms with van der Waals surface area (Å²) in [5.41, 5.74) is 3.39. The minimum Gasteiger partial charge on any atom is -0.490 e. The molecule has 1 N–H and O–H groups in total. The van der Waals surface area contributed by atoms with E-state index >= 15 is 0 Å². The molecule has 5 aromatic rings. The van der Waals surface area contributed by atoms with Gasteiger partial charge in [0.2, 0.25) is 0 Å². The lowest BCUT2D eigenvalue weighted by molar-refractivity contribution is 0.0697. The van der Waals surface area contributed by atoms with Crippen LogP contribution in [-0.4, -0.2) is 59.3 Å². The summed E-state index contributed by atoms with van der Waals surface area (Å²) in [5.74, 6) is 0.179. The number of hydrogen-bond acceptors (Lipinski definition) is 7. The summed E-state index contributed by atoms with van der Waals surface area (Å²) in [4.78, 5) is 27.4. The van der Waals surface area contributed by atoms with E-state index in [1.54, 1.807) is 36.8 Å². The molecule has 1 saturated heterocycles. The van der Waals surface area contributed by atoms with Crippen LogP contribution in [0, 0.1) is 5.82 Å². The maximum atomic E-state index is 14.0. The third-order valence-electron chi connectivity index (χ3n) is 7.57. The molecular formula is C31H30ClFN6O4. The normalized spacial score (nSPS) is 14.3. The number of piperidine rings is 1. The molecule has 4 heterocycles. The van der Waals surface area contributed by atoms with Crippen LogP contribution in [0.1, 0.15) is 40.4 Å². The summed E-state index contributed by atoms with van der Waals surface area (Å²) in [6.07, 6.45) is 6.91. The molecule has 12 heteroatoms. The van der Waals surface area contributed by atoms with Crippen molar-refractivity contribution in [3.05, 3.63) is 101 Å². The second-order valence-electron chi connectivity index (χ2n) is 10.6. The minimum absolute atomic E-state index is 0.0347. The van der Waals surface area contributed by atoms with Gasteiger partial charge in [-0.2, -0.15) is 0 Å². The molecule has 1 aliphatic rings. The van der Waals surface area contributed by atoms with Crippen LogP contribution in [0.25, 0.3) is 11.0 Å². The van der Waals surface area contributed by atoms with Crippen LogP contribution in [0.15, 0.2) is 67.3 Å². The highest BCUT2D eigenvalue weighted by atomic mass is 35.5. The van der Waals surface area contributed by atoms with Gasteiger partial charge in [-0.25, -0.2) is 19.2 Å². The first-order valence-electron chi connectivity index (χ1n) is 13.9. The largest absolute Gasteiger partial charge is 0.490 e. The number of carboxylic acid groups (broad SMARTS) is 1. The molecule has 2 aromatic carbocycles. The van der Waals surface area contributed by atoms with Crippen molar-refractivity contribution >= 4 is 28.6 Å². The number of hydrogen-bond donors (Lipinski definition) is 1. The number of nitrogens with zero attached hydrogens (tertiary/aromatic N) is 6. The maximum Gasteiger partial charge on any atom is 0.335 e. The number of halogens is 2. The number of likely N-dealkylation sites (tertiary alicyclic amines) is 1. The third-order valence-corrected chi connectivity index (χ3v) is 7.81. The molecule has 3 aromatic heterocycles. The Morgan fingerprint density at radius 3 is 2.70 bits per heavy atom. The number of pyridine rings is 1. The highest BCUT2D eigenvalue weighted by Crippen LogP contribution is 2.25. The van der Waals surface area contributed by atoms with Gasteiger partial charge in [0, 0.05) is 43.6 Å². The fourth-order valence-corrected chi connectivity index (χ4v) is 5.39. The van der Waals surface area contributed by atoms with Crippen molar-refractivity contribution in [3.8, 4) is 11.5 Å². The first-order valence-corrected chi connectivity index (χ1v) is 14.3. The van der Waals surface area contributed by atoms with Crippen molar-refractivity contribution in [3.63, 3.8) is 0 Å². The molecule has 0 atom stereocenters. The standard InChI is InChI=1S/C31H30ClFN6O4/c1-37-19-34-15-23(37)16-39-28-12-20(31(40)41)2-4-27(28)36-30(39)17-38-10-7-24(8-11-38)43-25-6-9-35-22(14-25)18-42-29-5-3-21(32)13-26(29)33/h2-6,9,12-15,19,24H,7-8,10-11,16-18H2,1H3,(H,40,41). The summed E-state index contributed by atoms with van der Waals surface area (Å²) < 4.78 is 29.9. The molecule has 222 valence electrons. The molecule has 0 unspecified atom stereocenters. The van der Waals surface area contributed by atoms with E-state index < -0.39 is 11.8 Å². The zero-order chi connectivity index (χ0) is 29.9. The summed E-state index contributed by atoms with van der Waals surface area (Å²) in [6.45, 7) is 2.89. The Kier molecular flexibility index (Phi) is 8.26. The van der Waals surface area contributed by atoms with Gasteiger partial charge >= 0.3 is 5.97 Å². The fraction of sp³-hybridized carbons (Fsp3) is 0.290. The fourth-order valence-electron chi connectivity index (χ4n) is 5.23. The zero-order valence-electron chi connectivity index (χ0n) is 23.5. The van der Waals surface area contributed by atoms with E-state index in [1.807, 2.05) is 29.9 Å². The van der Waals surface area contributed by atoms with Crippen LogP contribution >= 0.6 is 11.6 Å². The average molecular weight is 605 g/mol. The van der Waals surface area contributed by atoms with Gasteiger partial charge in [0.25, 0.3) is 0 Å². The van der Waals surface area contributed by atoms with E-state index in [9.17, 15) is 14.3 Å². The summed E-state index contributed by atoms with van der Waals surface area (Å²) in [6, 6.07) is 12.9. The van der Waals surface area contributed by atoms with Gasteiger partial charge in [0.1, 0.15) is 24.3 Å². The Morgan fingerprint density at radius 1 is 1.12 bits per heavy atom. The number of fused-ring (bicyclic) bond motifs is 1. The molecule has 0 saturated carbocycles. The highest BCUT2D eigenvalue weighted by molar-refractivity contribution is 6.30. The SMILES string of the molecule is Cn1cncc1Cn1c(CN2CCC(Oc3ccnc(COc4ccc(Cl)cc4F)c3)CC2)nc2ccc(C(=O)O)cc21. The monoisotopic (exact) mass is 604 g/mol. The Bertz CT molecular complexity index is 1760. The molecule has 0 amide bonds. The molecule has 0 aliphatic carbocycles. The lowest BCUT2D eigenvalue weighted by Gasteiger charge is -2.32. The molecule has 10 nitrogen and oxygen atoms in total. The van der Waals surface area contributed by atoms with Gasteiger partial charge in [0.05, 0.1) is 47.4 Å². The number of aryl methyl sites for hydroxylation is 1. The first-order chi connectivity index (χ1) is 20.8. The predicted octanol–water partition coefficient (Wildman–Crippen LogP) is 5.33. The average Bonchev–Trinajstić information content (AvgIpc) is 3.55. The Morgan fingerprint density at radius 2 is 1.95 bits per heavy atom. The first kappa shape index (κ1) is 28.6. The third kappa shape index (κ3) is 6.63. The number of carbonyl (C=O) groups is 1. The van der Waals surface area contributed by atoms with E-state index in [0.29, 0.717) is 29.6 Å². The van der Waals surface area contributed by atoms with Crippen LogP contribution < -0.4 is 9.47 Å². The van der Waals surface area contributed by atoms with Gasteiger partial charge in [-0.05, 0) is 55.3 Å². The Balaban J connectivity index is 1.09. The van der Waals surface area contributed by atoms with Crippen molar-refractivity contribution in [1.82, 2.24) is 29.0 Å². The second-order valence-corrected chi connectivity index (χ2v) is 11.0. The minimum atomic E-state index is -0.969. The van der Waals surface area contributed by atoms with Crippen LogP contribution in [0.4, 0.5) is 4.39 Å². The van der Waals surface area contributed by atoms with Crippen LogP contribution in [-0.2, 0) is 26.7 Å². The summed E-state index contributed by atoms with van der Waals surface area (Å²) >= 11 is 5.81. The lowest BCUT2D eigenvalue weighted by atomic mass is 10.1. The van der Waals surface area contributed by atoms with Crippen molar-refractivity contribution in [1.29, 1.82) is 0 Å². The van der Waals surface area contributed by atoms with Gasteiger partial charge in [0.15, 0.2) is 11.6 Å². The predicted molar refractivity (Wildman–Crippen MR) is 158 cm³/mol. The summed E-state index contributed by atoms with van der Waals surface area (Å²) in [7, 11) is 1.94. The zero-order valence-corrected chi connectivity index (χ0v) is 24.2. The second kappa shape index (κ2) is 12.4. The van der Waals surface area contributed by atoms with Crippen LogP contribution in [0.5, 0.6) is 11.5 Å². The van der Waals surface area contributed by atoms with E-state index in [2.05, 4.69) is 19.4 Å². The quantitative estimate of drug-likeness (QED) is 0.228. The van der Waals surface area contributed by atoms with Crippen LogP contribution in [0.3, 0.4) is 0 Å². The smallest absolute Gasteiger partial charge is 0.335 e. The topological polar surface area (TPSA) is 108 Å². The van der Waals surface area contributed by atoms with Crippen molar-refractivity contribution in [2.45, 2.75) is 38.6 Å². The number of carboxylic acids is 1. The van der Waals surface area contributed by atoms with Gasteiger partial charge in [-0.1, -0.05) is 11.6 Å². The Labute approximate surface area is 252 Å². The number of ether oxygens (including phenoxy) is 2. The van der Waals surface area contributed by atoms with E-state index in [1.165, 1.54) is 12.1 Å². The van der Waals surface area contributed by atoms with Gasteiger partial charge in [-0.3, -0.25) is 9.88 Å². The van der Waals surface area contributed by atoms with Gasteiger partial charge < -0.3 is 23.7 Å². The highest BCUT2D eigenvalue weighted by Gasteiger charge is 2.23. The van der Waals surface area contributed by atoms with E-state index in [4.69, 9.17) is 26.1 Å². The van der Waals surface area contributed by atoms with Crippen LogP contribution in [0.2, 0.25) is 5.02 Å². The molecule has 6 rings (SSSR count). The van der Waals surface area contributed by atoms with Crippen molar-refractivity contribution < 1.29 is 23.8 Å². The number of aromatic nitrogens is 5. The summed E-state index contributed by atoms with van der Waals surface area (Å²) in [5, 5.41) is 9.86. The molecule has 1 fully saturated rings. The molecule has 0 radical (unpaired) electrons. The maximum absolute atomic E-state index is 14.0. The van der Waals surface area contributed by atoms with E-state index in [0.717, 1.165) is 48.5 Å². The molecule has 43 heavy (non-hydrogen) atoms. The molecule has 0 spiro atoms. The van der Waals surface area contributed by atoms with E-state index in [-0.39, 0.29) is 24.0 Å².